The molecule has 0 aliphatic carbocycles. The summed E-state index contributed by atoms with van der Waals surface area (Å²) in [5.41, 5.74) is 2.38. The molecule has 0 radical (unpaired) electrons. The van der Waals surface area contributed by atoms with Crippen molar-refractivity contribution in [1.29, 1.82) is 0 Å². The fourth-order valence-corrected chi connectivity index (χ4v) is 2.77. The molecular formula is C17H15Cl2NO4. The second kappa shape index (κ2) is 6.97. The first-order valence-electron chi connectivity index (χ1n) is 7.33. The number of hydrogen-bond donors (Lipinski definition) is 0. The number of ether oxygens (including phenoxy) is 3. The van der Waals surface area contributed by atoms with Crippen molar-refractivity contribution in [3.63, 3.8) is 0 Å². The van der Waals surface area contributed by atoms with Crippen LogP contribution < -0.4 is 4.74 Å². The minimum Gasteiger partial charge on any atom is -0.415 e. The summed E-state index contributed by atoms with van der Waals surface area (Å²) >= 11 is 11.6. The van der Waals surface area contributed by atoms with Crippen molar-refractivity contribution in [2.75, 3.05) is 0 Å². The molecule has 126 valence electrons. The molecule has 0 spiro atoms. The third-order valence-corrected chi connectivity index (χ3v) is 3.98. The van der Waals surface area contributed by atoms with E-state index in [2.05, 4.69) is 4.98 Å². The Morgan fingerprint density at radius 1 is 1.38 bits per heavy atom. The fraction of sp³-hybridized carbons (Fsp3) is 0.294. The lowest BCUT2D eigenvalue weighted by atomic mass is 10.0. The summed E-state index contributed by atoms with van der Waals surface area (Å²) < 4.78 is 16.0. The highest BCUT2D eigenvalue weighted by molar-refractivity contribution is 6.30. The quantitative estimate of drug-likeness (QED) is 0.577. The lowest BCUT2D eigenvalue weighted by Gasteiger charge is -2.13. The predicted molar refractivity (Wildman–Crippen MR) is 89.5 cm³/mol. The van der Waals surface area contributed by atoms with Gasteiger partial charge in [-0.1, -0.05) is 35.3 Å². The second-order valence-electron chi connectivity index (χ2n) is 5.36. The average Bonchev–Trinajstić information content (AvgIpc) is 2.94. The number of fused-ring (bicyclic) bond motifs is 1. The smallest absolute Gasteiger partial charge is 0.415 e. The van der Waals surface area contributed by atoms with Crippen LogP contribution in [0.25, 0.3) is 0 Å². The molecule has 2 atom stereocenters. The van der Waals surface area contributed by atoms with E-state index in [0.717, 1.165) is 16.7 Å². The molecule has 0 saturated carbocycles. The monoisotopic (exact) mass is 367 g/mol. The van der Waals surface area contributed by atoms with Crippen LogP contribution in [0.5, 0.6) is 5.75 Å². The van der Waals surface area contributed by atoms with Crippen LogP contribution in [0.3, 0.4) is 0 Å². The van der Waals surface area contributed by atoms with E-state index in [4.69, 9.17) is 37.4 Å². The average molecular weight is 368 g/mol. The third-order valence-electron chi connectivity index (χ3n) is 3.64. The number of rotatable bonds is 3. The van der Waals surface area contributed by atoms with Gasteiger partial charge >= 0.3 is 6.16 Å². The predicted octanol–water partition coefficient (Wildman–Crippen LogP) is 4.76. The summed E-state index contributed by atoms with van der Waals surface area (Å²) in [5, 5.41) is 0.654. The normalized spacial score (nSPS) is 17.2. The van der Waals surface area contributed by atoms with E-state index in [1.54, 1.807) is 25.3 Å². The standard InChI is InChI=1S/C17H15Cl2NO4/c1-9-15(24-17(21)23-10(2)18)14-8-22-16(13(14)7-20-9)11-3-5-12(19)6-4-11/h3-7,10,16H,8H2,1-2H3. The van der Waals surface area contributed by atoms with Crippen molar-refractivity contribution in [3.8, 4) is 5.75 Å². The number of alkyl halides is 1. The van der Waals surface area contributed by atoms with Crippen LogP contribution in [0.1, 0.15) is 35.4 Å². The zero-order chi connectivity index (χ0) is 17.3. The van der Waals surface area contributed by atoms with Gasteiger partial charge in [0.25, 0.3) is 0 Å². The Morgan fingerprint density at radius 2 is 2.08 bits per heavy atom. The number of aromatic nitrogens is 1. The molecule has 24 heavy (non-hydrogen) atoms. The number of carbonyl (C=O) groups excluding carboxylic acids is 1. The van der Waals surface area contributed by atoms with E-state index in [1.807, 2.05) is 12.1 Å². The summed E-state index contributed by atoms with van der Waals surface area (Å²) in [7, 11) is 0. The minimum atomic E-state index is -0.870. The zero-order valence-electron chi connectivity index (χ0n) is 13.1. The summed E-state index contributed by atoms with van der Waals surface area (Å²) in [4.78, 5) is 16.1. The third kappa shape index (κ3) is 3.48. The molecule has 3 rings (SSSR count). The van der Waals surface area contributed by atoms with Crippen LogP contribution in [0.4, 0.5) is 4.79 Å². The Hall–Kier alpha value is -1.82. The molecule has 0 fully saturated rings. The van der Waals surface area contributed by atoms with Crippen LogP contribution in [-0.4, -0.2) is 16.7 Å². The van der Waals surface area contributed by atoms with Gasteiger partial charge in [0, 0.05) is 22.3 Å². The Balaban J connectivity index is 1.91. The molecule has 1 aliphatic heterocycles. The molecule has 0 bridgehead atoms. The van der Waals surface area contributed by atoms with Crippen molar-refractivity contribution in [1.82, 2.24) is 4.98 Å². The summed E-state index contributed by atoms with van der Waals surface area (Å²) in [6, 6.07) is 7.39. The number of hydrogen-bond acceptors (Lipinski definition) is 5. The van der Waals surface area contributed by atoms with Crippen molar-refractivity contribution in [3.05, 3.63) is 57.9 Å². The molecule has 1 aliphatic rings. The van der Waals surface area contributed by atoms with Gasteiger partial charge in [-0.05, 0) is 31.5 Å². The van der Waals surface area contributed by atoms with Gasteiger partial charge in [-0.25, -0.2) is 4.79 Å². The van der Waals surface area contributed by atoms with Gasteiger partial charge in [-0.3, -0.25) is 4.98 Å². The van der Waals surface area contributed by atoms with Crippen LogP contribution in [0.2, 0.25) is 5.02 Å². The maximum atomic E-state index is 11.8. The molecule has 2 unspecified atom stereocenters. The summed E-state index contributed by atoms with van der Waals surface area (Å²) in [5.74, 6) is 0.353. The summed E-state index contributed by atoms with van der Waals surface area (Å²) in [6.45, 7) is 3.59. The maximum absolute atomic E-state index is 11.8. The zero-order valence-corrected chi connectivity index (χ0v) is 14.6. The van der Waals surface area contributed by atoms with Crippen LogP contribution in [-0.2, 0) is 16.1 Å². The molecule has 7 heteroatoms. The fourth-order valence-electron chi connectivity index (χ4n) is 2.57. The molecular weight excluding hydrogens is 353 g/mol. The van der Waals surface area contributed by atoms with Crippen LogP contribution in [0.15, 0.2) is 30.5 Å². The van der Waals surface area contributed by atoms with E-state index in [9.17, 15) is 4.79 Å². The number of halogens is 2. The molecule has 0 N–H and O–H groups in total. The van der Waals surface area contributed by atoms with Gasteiger partial charge in [0.05, 0.1) is 12.3 Å². The molecule has 0 saturated heterocycles. The first-order chi connectivity index (χ1) is 11.5. The van der Waals surface area contributed by atoms with Gasteiger partial charge < -0.3 is 14.2 Å². The van der Waals surface area contributed by atoms with Crippen molar-refractivity contribution in [2.45, 2.75) is 32.1 Å². The van der Waals surface area contributed by atoms with Crippen molar-refractivity contribution in [2.24, 2.45) is 0 Å². The maximum Gasteiger partial charge on any atom is 0.515 e. The minimum absolute atomic E-state index is 0.282. The van der Waals surface area contributed by atoms with Crippen molar-refractivity contribution < 1.29 is 19.0 Å². The topological polar surface area (TPSA) is 57.7 Å². The number of benzene rings is 1. The molecule has 2 aromatic rings. The Kier molecular flexibility index (Phi) is 4.94. The van der Waals surface area contributed by atoms with E-state index in [1.165, 1.54) is 6.92 Å². The summed E-state index contributed by atoms with van der Waals surface area (Å²) in [6.07, 6.45) is 0.584. The highest BCUT2D eigenvalue weighted by Crippen LogP contribution is 2.41. The van der Waals surface area contributed by atoms with Gasteiger partial charge in [0.1, 0.15) is 6.10 Å². The van der Waals surface area contributed by atoms with Gasteiger partial charge in [-0.2, -0.15) is 0 Å². The lowest BCUT2D eigenvalue weighted by Crippen LogP contribution is -2.16. The molecule has 1 aromatic carbocycles. The van der Waals surface area contributed by atoms with Gasteiger partial charge in [0.2, 0.25) is 0 Å². The van der Waals surface area contributed by atoms with Gasteiger partial charge in [-0.15, -0.1) is 0 Å². The molecule has 0 amide bonds. The Morgan fingerprint density at radius 3 is 2.75 bits per heavy atom. The molecule has 1 aromatic heterocycles. The second-order valence-corrected chi connectivity index (χ2v) is 6.41. The molecule has 2 heterocycles. The number of carbonyl (C=O) groups is 1. The van der Waals surface area contributed by atoms with Crippen LogP contribution in [0, 0.1) is 6.92 Å². The van der Waals surface area contributed by atoms with E-state index < -0.39 is 11.7 Å². The highest BCUT2D eigenvalue weighted by Gasteiger charge is 2.30. The number of nitrogens with zero attached hydrogens (tertiary/aromatic N) is 1. The first-order valence-corrected chi connectivity index (χ1v) is 8.15. The van der Waals surface area contributed by atoms with Crippen LogP contribution >= 0.6 is 23.2 Å². The molecule has 5 nitrogen and oxygen atoms in total. The number of pyridine rings is 1. The van der Waals surface area contributed by atoms with Crippen molar-refractivity contribution >= 4 is 29.4 Å². The lowest BCUT2D eigenvalue weighted by molar-refractivity contribution is 0.0862. The van der Waals surface area contributed by atoms with Gasteiger partial charge in [0.15, 0.2) is 11.3 Å². The Labute approximate surface area is 149 Å². The first kappa shape index (κ1) is 17.0. The van der Waals surface area contributed by atoms with E-state index in [-0.39, 0.29) is 6.10 Å². The largest absolute Gasteiger partial charge is 0.515 e. The van der Waals surface area contributed by atoms with E-state index >= 15 is 0 Å². The highest BCUT2D eigenvalue weighted by atomic mass is 35.5. The Bertz CT molecular complexity index is 762. The number of aryl methyl sites for hydroxylation is 1. The SMILES string of the molecule is Cc1ncc2c(c1OC(=O)OC(C)Cl)COC2c1ccc(Cl)cc1. The van der Waals surface area contributed by atoms with E-state index in [0.29, 0.717) is 23.1 Å².